The minimum Gasteiger partial charge on any atom is -0.279 e. The molecule has 0 fully saturated rings. The summed E-state index contributed by atoms with van der Waals surface area (Å²) in [5, 5.41) is 0. The standard InChI is InChI=1S/C15H14F3NO2S/c1-10-4-3-5-11(2)14(10)19-22(20,21)13-8-6-12(7-9-13)15(16,17)18/h3-9,19H,1-2H3. The first kappa shape index (κ1) is 16.4. The Morgan fingerprint density at radius 1 is 0.909 bits per heavy atom. The third kappa shape index (κ3) is 3.41. The smallest absolute Gasteiger partial charge is 0.279 e. The van der Waals surface area contributed by atoms with Gasteiger partial charge in [0.15, 0.2) is 0 Å². The molecule has 0 saturated heterocycles. The molecule has 0 bridgehead atoms. The quantitative estimate of drug-likeness (QED) is 0.920. The molecular weight excluding hydrogens is 315 g/mol. The number of nitrogens with one attached hydrogen (secondary N) is 1. The molecule has 118 valence electrons. The summed E-state index contributed by atoms with van der Waals surface area (Å²) in [6.45, 7) is 3.50. The van der Waals surface area contributed by atoms with E-state index in [9.17, 15) is 21.6 Å². The SMILES string of the molecule is Cc1cccc(C)c1NS(=O)(=O)c1ccc(C(F)(F)F)cc1. The van der Waals surface area contributed by atoms with Gasteiger partial charge in [0.25, 0.3) is 10.0 Å². The fourth-order valence-corrected chi connectivity index (χ4v) is 3.19. The molecule has 0 aliphatic rings. The molecule has 0 atom stereocenters. The van der Waals surface area contributed by atoms with Crippen LogP contribution in [0.2, 0.25) is 0 Å². The van der Waals surface area contributed by atoms with Gasteiger partial charge >= 0.3 is 6.18 Å². The highest BCUT2D eigenvalue weighted by molar-refractivity contribution is 7.92. The summed E-state index contributed by atoms with van der Waals surface area (Å²) in [7, 11) is -3.94. The summed E-state index contributed by atoms with van der Waals surface area (Å²) in [4.78, 5) is -0.219. The number of para-hydroxylation sites is 1. The van der Waals surface area contributed by atoms with Crippen molar-refractivity contribution in [1.29, 1.82) is 0 Å². The lowest BCUT2D eigenvalue weighted by molar-refractivity contribution is -0.137. The third-order valence-corrected chi connectivity index (χ3v) is 4.58. The van der Waals surface area contributed by atoms with E-state index in [2.05, 4.69) is 4.72 Å². The van der Waals surface area contributed by atoms with Gasteiger partial charge in [0.1, 0.15) is 0 Å². The second kappa shape index (κ2) is 5.64. The zero-order chi connectivity index (χ0) is 16.5. The van der Waals surface area contributed by atoms with Crippen molar-refractivity contribution in [3.05, 3.63) is 59.2 Å². The number of aryl methyl sites for hydroxylation is 2. The monoisotopic (exact) mass is 329 g/mol. The molecule has 0 radical (unpaired) electrons. The van der Waals surface area contributed by atoms with E-state index in [1.807, 2.05) is 0 Å². The van der Waals surface area contributed by atoms with Crippen molar-refractivity contribution in [2.24, 2.45) is 0 Å². The van der Waals surface area contributed by atoms with Gasteiger partial charge in [-0.3, -0.25) is 4.72 Å². The highest BCUT2D eigenvalue weighted by Crippen LogP contribution is 2.30. The molecule has 0 spiro atoms. The average molecular weight is 329 g/mol. The van der Waals surface area contributed by atoms with Crippen LogP contribution in [0.5, 0.6) is 0 Å². The van der Waals surface area contributed by atoms with Crippen molar-refractivity contribution in [3.63, 3.8) is 0 Å². The van der Waals surface area contributed by atoms with Crippen LogP contribution in [-0.2, 0) is 16.2 Å². The maximum Gasteiger partial charge on any atom is 0.416 e. The predicted molar refractivity (Wildman–Crippen MR) is 78.2 cm³/mol. The van der Waals surface area contributed by atoms with E-state index in [-0.39, 0.29) is 4.90 Å². The molecule has 2 aromatic rings. The van der Waals surface area contributed by atoms with Crippen molar-refractivity contribution < 1.29 is 21.6 Å². The molecule has 3 nitrogen and oxygen atoms in total. The zero-order valence-electron chi connectivity index (χ0n) is 11.9. The Morgan fingerprint density at radius 2 is 1.41 bits per heavy atom. The van der Waals surface area contributed by atoms with Crippen molar-refractivity contribution in [2.45, 2.75) is 24.9 Å². The van der Waals surface area contributed by atoms with Crippen LogP contribution >= 0.6 is 0 Å². The van der Waals surface area contributed by atoms with E-state index >= 15 is 0 Å². The second-order valence-electron chi connectivity index (χ2n) is 4.89. The summed E-state index contributed by atoms with van der Waals surface area (Å²) in [5.41, 5.74) is 1.01. The Bertz CT molecular complexity index is 761. The molecule has 2 aromatic carbocycles. The number of anilines is 1. The highest BCUT2D eigenvalue weighted by atomic mass is 32.2. The van der Waals surface area contributed by atoms with E-state index < -0.39 is 21.8 Å². The molecule has 0 heterocycles. The molecule has 7 heteroatoms. The first-order chi connectivity index (χ1) is 10.1. The Kier molecular flexibility index (Phi) is 4.19. The van der Waals surface area contributed by atoms with Crippen LogP contribution < -0.4 is 4.72 Å². The predicted octanol–water partition coefficient (Wildman–Crippen LogP) is 4.12. The van der Waals surface area contributed by atoms with Gasteiger partial charge in [0.2, 0.25) is 0 Å². The lowest BCUT2D eigenvalue weighted by Crippen LogP contribution is -2.15. The van der Waals surface area contributed by atoms with Gasteiger partial charge in [-0.1, -0.05) is 18.2 Å². The number of hydrogen-bond acceptors (Lipinski definition) is 2. The van der Waals surface area contributed by atoms with Crippen molar-refractivity contribution in [1.82, 2.24) is 0 Å². The fraction of sp³-hybridized carbons (Fsp3) is 0.200. The van der Waals surface area contributed by atoms with Crippen LogP contribution in [0.3, 0.4) is 0 Å². The normalized spacial score (nSPS) is 12.2. The van der Waals surface area contributed by atoms with Crippen LogP contribution in [0.15, 0.2) is 47.4 Å². The van der Waals surface area contributed by atoms with E-state index in [1.54, 1.807) is 32.0 Å². The van der Waals surface area contributed by atoms with Crippen molar-refractivity contribution in [3.8, 4) is 0 Å². The lowest BCUT2D eigenvalue weighted by atomic mass is 10.1. The first-order valence-electron chi connectivity index (χ1n) is 6.37. The van der Waals surface area contributed by atoms with Gasteiger partial charge in [-0.15, -0.1) is 0 Å². The number of benzene rings is 2. The molecule has 22 heavy (non-hydrogen) atoms. The minimum atomic E-state index is -4.50. The molecule has 0 aliphatic heterocycles. The first-order valence-corrected chi connectivity index (χ1v) is 7.86. The van der Waals surface area contributed by atoms with Gasteiger partial charge in [0.05, 0.1) is 16.1 Å². The second-order valence-corrected chi connectivity index (χ2v) is 6.58. The van der Waals surface area contributed by atoms with E-state index in [4.69, 9.17) is 0 Å². The Balaban J connectivity index is 2.35. The topological polar surface area (TPSA) is 46.2 Å². The number of rotatable bonds is 3. The van der Waals surface area contributed by atoms with Gasteiger partial charge in [-0.25, -0.2) is 8.42 Å². The molecule has 0 unspecified atom stereocenters. The largest absolute Gasteiger partial charge is 0.416 e. The van der Waals surface area contributed by atoms with Gasteiger partial charge in [-0.2, -0.15) is 13.2 Å². The molecule has 2 rings (SSSR count). The summed E-state index contributed by atoms with van der Waals surface area (Å²) < 4.78 is 64.5. The number of halogens is 3. The number of sulfonamides is 1. The van der Waals surface area contributed by atoms with Crippen LogP contribution in [0, 0.1) is 13.8 Å². The molecule has 0 saturated carbocycles. The maximum atomic E-state index is 12.5. The Labute approximate surface area is 126 Å². The lowest BCUT2D eigenvalue weighted by Gasteiger charge is -2.13. The van der Waals surface area contributed by atoms with E-state index in [0.717, 1.165) is 35.4 Å². The molecule has 0 aliphatic carbocycles. The van der Waals surface area contributed by atoms with Gasteiger partial charge < -0.3 is 0 Å². The molecule has 0 aromatic heterocycles. The molecular formula is C15H14F3NO2S. The fourth-order valence-electron chi connectivity index (χ4n) is 1.99. The zero-order valence-corrected chi connectivity index (χ0v) is 12.7. The van der Waals surface area contributed by atoms with Crippen molar-refractivity contribution >= 4 is 15.7 Å². The summed E-state index contributed by atoms with van der Waals surface area (Å²) in [6, 6.07) is 8.67. The number of alkyl halides is 3. The average Bonchev–Trinajstić information content (AvgIpc) is 2.42. The van der Waals surface area contributed by atoms with Crippen LogP contribution in [0.25, 0.3) is 0 Å². The summed E-state index contributed by atoms with van der Waals surface area (Å²) in [6.07, 6.45) is -4.50. The summed E-state index contributed by atoms with van der Waals surface area (Å²) >= 11 is 0. The number of hydrogen-bond donors (Lipinski definition) is 1. The van der Waals surface area contributed by atoms with E-state index in [0.29, 0.717) is 5.69 Å². The van der Waals surface area contributed by atoms with Gasteiger partial charge in [0, 0.05) is 0 Å². The Morgan fingerprint density at radius 3 is 1.86 bits per heavy atom. The Hall–Kier alpha value is -2.02. The highest BCUT2D eigenvalue weighted by Gasteiger charge is 2.30. The van der Waals surface area contributed by atoms with Crippen LogP contribution in [-0.4, -0.2) is 8.42 Å². The van der Waals surface area contributed by atoms with Crippen molar-refractivity contribution in [2.75, 3.05) is 4.72 Å². The molecule has 1 N–H and O–H groups in total. The summed E-state index contributed by atoms with van der Waals surface area (Å²) in [5.74, 6) is 0. The minimum absolute atomic E-state index is 0.219. The van der Waals surface area contributed by atoms with Crippen LogP contribution in [0.4, 0.5) is 18.9 Å². The molecule has 0 amide bonds. The third-order valence-electron chi connectivity index (χ3n) is 3.21. The van der Waals surface area contributed by atoms with Gasteiger partial charge in [-0.05, 0) is 49.2 Å². The van der Waals surface area contributed by atoms with Crippen LogP contribution in [0.1, 0.15) is 16.7 Å². The van der Waals surface area contributed by atoms with E-state index in [1.165, 1.54) is 0 Å². The maximum absolute atomic E-state index is 12.5.